The number of anilines is 2. The van der Waals surface area contributed by atoms with Crippen molar-refractivity contribution in [2.75, 3.05) is 35.7 Å². The average Bonchev–Trinajstić information content (AvgIpc) is 3.26. The Kier molecular flexibility index (Phi) is 5.78. The van der Waals surface area contributed by atoms with E-state index in [2.05, 4.69) is 15.6 Å². The summed E-state index contributed by atoms with van der Waals surface area (Å²) < 4.78 is 5.51. The number of thioether (sulfide) groups is 1. The molecule has 4 rings (SSSR count). The highest BCUT2D eigenvalue weighted by atomic mass is 32.2. The van der Waals surface area contributed by atoms with Crippen LogP contribution in [0.2, 0.25) is 0 Å². The van der Waals surface area contributed by atoms with Gasteiger partial charge in [0.1, 0.15) is 5.03 Å². The van der Waals surface area contributed by atoms with Gasteiger partial charge in [-0.15, -0.1) is 11.8 Å². The van der Waals surface area contributed by atoms with Crippen LogP contribution in [-0.2, 0) is 4.74 Å². The summed E-state index contributed by atoms with van der Waals surface area (Å²) in [5.41, 5.74) is 2.02. The zero-order valence-corrected chi connectivity index (χ0v) is 16.2. The van der Waals surface area contributed by atoms with Gasteiger partial charge in [0.15, 0.2) is 0 Å². The van der Waals surface area contributed by atoms with E-state index < -0.39 is 0 Å². The Morgan fingerprint density at radius 1 is 1.25 bits per heavy atom. The van der Waals surface area contributed by atoms with Gasteiger partial charge in [-0.2, -0.15) is 0 Å². The van der Waals surface area contributed by atoms with Gasteiger partial charge in [-0.05, 0) is 49.2 Å². The average molecular weight is 398 g/mol. The standard InChI is InChI=1S/C20H22N4O3S/c25-18(22-13-16-3-2-11-27-16)14-5-7-15(8-6-14)23-20(26)24-10-12-28-19-17(24)4-1-9-21-19/h1,4-9,16H,2-3,10-13H2,(H,22,25)(H,23,26). The highest BCUT2D eigenvalue weighted by molar-refractivity contribution is 7.99. The molecule has 146 valence electrons. The van der Waals surface area contributed by atoms with E-state index in [1.807, 2.05) is 12.1 Å². The van der Waals surface area contributed by atoms with Crippen molar-refractivity contribution in [3.05, 3.63) is 48.2 Å². The number of urea groups is 1. The third kappa shape index (κ3) is 4.28. The molecule has 8 heteroatoms. The molecule has 1 aromatic heterocycles. The normalized spacial score (nSPS) is 18.4. The first kappa shape index (κ1) is 18.8. The molecule has 0 radical (unpaired) electrons. The van der Waals surface area contributed by atoms with Gasteiger partial charge in [0.05, 0.1) is 11.8 Å². The monoisotopic (exact) mass is 398 g/mol. The minimum absolute atomic E-state index is 0.114. The maximum atomic E-state index is 12.7. The second-order valence-electron chi connectivity index (χ2n) is 6.68. The number of pyridine rings is 1. The molecule has 1 fully saturated rings. The predicted molar refractivity (Wildman–Crippen MR) is 109 cm³/mol. The van der Waals surface area contributed by atoms with E-state index in [1.165, 1.54) is 0 Å². The Labute approximate surface area is 167 Å². The number of carbonyl (C=O) groups is 2. The van der Waals surface area contributed by atoms with Gasteiger partial charge in [0, 0.05) is 42.9 Å². The topological polar surface area (TPSA) is 83.6 Å². The number of ether oxygens (including phenoxy) is 1. The second-order valence-corrected chi connectivity index (χ2v) is 7.76. The van der Waals surface area contributed by atoms with Crippen LogP contribution in [-0.4, -0.2) is 48.5 Å². The van der Waals surface area contributed by atoms with Crippen LogP contribution in [0.1, 0.15) is 23.2 Å². The predicted octanol–water partition coefficient (Wildman–Crippen LogP) is 3.13. The fourth-order valence-electron chi connectivity index (χ4n) is 3.27. The van der Waals surface area contributed by atoms with E-state index in [0.29, 0.717) is 24.3 Å². The number of hydrogen-bond acceptors (Lipinski definition) is 5. The van der Waals surface area contributed by atoms with E-state index >= 15 is 0 Å². The molecule has 0 spiro atoms. The van der Waals surface area contributed by atoms with Gasteiger partial charge in [-0.1, -0.05) is 0 Å². The van der Waals surface area contributed by atoms with Crippen LogP contribution in [0, 0.1) is 0 Å². The van der Waals surface area contributed by atoms with E-state index in [9.17, 15) is 9.59 Å². The molecule has 7 nitrogen and oxygen atoms in total. The molecule has 0 saturated carbocycles. The molecule has 0 bridgehead atoms. The molecular formula is C20H22N4O3S. The summed E-state index contributed by atoms with van der Waals surface area (Å²) in [7, 11) is 0. The van der Waals surface area contributed by atoms with Crippen molar-refractivity contribution in [1.82, 2.24) is 10.3 Å². The van der Waals surface area contributed by atoms with Gasteiger partial charge in [-0.25, -0.2) is 9.78 Å². The molecule has 1 aromatic carbocycles. The molecule has 3 amide bonds. The van der Waals surface area contributed by atoms with Crippen molar-refractivity contribution >= 4 is 35.1 Å². The van der Waals surface area contributed by atoms with Gasteiger partial charge >= 0.3 is 6.03 Å². The molecule has 1 unspecified atom stereocenters. The van der Waals surface area contributed by atoms with Gasteiger partial charge in [0.25, 0.3) is 5.91 Å². The van der Waals surface area contributed by atoms with E-state index in [4.69, 9.17) is 4.74 Å². The van der Waals surface area contributed by atoms with E-state index in [0.717, 1.165) is 35.9 Å². The first-order valence-corrected chi connectivity index (χ1v) is 10.4. The van der Waals surface area contributed by atoms with Crippen molar-refractivity contribution in [3.63, 3.8) is 0 Å². The van der Waals surface area contributed by atoms with Crippen molar-refractivity contribution in [2.45, 2.75) is 24.0 Å². The van der Waals surface area contributed by atoms with Crippen molar-refractivity contribution in [2.24, 2.45) is 0 Å². The third-order valence-corrected chi connectivity index (χ3v) is 5.73. The highest BCUT2D eigenvalue weighted by Crippen LogP contribution is 2.32. The Balaban J connectivity index is 1.35. The molecule has 1 atom stereocenters. The minimum atomic E-state index is -0.204. The molecule has 2 N–H and O–H groups in total. The number of carbonyl (C=O) groups excluding carboxylic acids is 2. The number of nitrogens with zero attached hydrogens (tertiary/aromatic N) is 2. The summed E-state index contributed by atoms with van der Waals surface area (Å²) in [6.45, 7) is 1.92. The van der Waals surface area contributed by atoms with Crippen molar-refractivity contribution < 1.29 is 14.3 Å². The Morgan fingerprint density at radius 2 is 2.11 bits per heavy atom. The number of fused-ring (bicyclic) bond motifs is 1. The summed E-state index contributed by atoms with van der Waals surface area (Å²) in [6, 6.07) is 10.4. The third-order valence-electron chi connectivity index (χ3n) is 4.75. The lowest BCUT2D eigenvalue weighted by Crippen LogP contribution is -2.38. The molecule has 1 saturated heterocycles. The number of aromatic nitrogens is 1. The van der Waals surface area contributed by atoms with Crippen LogP contribution < -0.4 is 15.5 Å². The van der Waals surface area contributed by atoms with Crippen LogP contribution in [0.3, 0.4) is 0 Å². The zero-order valence-electron chi connectivity index (χ0n) is 15.4. The maximum Gasteiger partial charge on any atom is 0.326 e. The first-order valence-electron chi connectivity index (χ1n) is 9.37. The van der Waals surface area contributed by atoms with Crippen LogP contribution in [0.5, 0.6) is 0 Å². The fourth-order valence-corrected chi connectivity index (χ4v) is 4.20. The smallest absolute Gasteiger partial charge is 0.326 e. The van der Waals surface area contributed by atoms with E-state index in [-0.39, 0.29) is 18.0 Å². The lowest BCUT2D eigenvalue weighted by molar-refractivity contribution is 0.0858. The second kappa shape index (κ2) is 8.62. The maximum absolute atomic E-state index is 12.7. The lowest BCUT2D eigenvalue weighted by Gasteiger charge is -2.28. The van der Waals surface area contributed by atoms with Crippen LogP contribution in [0.25, 0.3) is 0 Å². The largest absolute Gasteiger partial charge is 0.376 e. The lowest BCUT2D eigenvalue weighted by atomic mass is 10.2. The summed E-state index contributed by atoms with van der Waals surface area (Å²) >= 11 is 1.65. The van der Waals surface area contributed by atoms with E-state index in [1.54, 1.807) is 47.1 Å². The molecule has 3 heterocycles. The van der Waals surface area contributed by atoms with Crippen molar-refractivity contribution in [1.29, 1.82) is 0 Å². The SMILES string of the molecule is O=C(NCC1CCCO1)c1ccc(NC(=O)N2CCSc3ncccc32)cc1. The quantitative estimate of drug-likeness (QED) is 0.827. The van der Waals surface area contributed by atoms with Gasteiger partial charge < -0.3 is 15.4 Å². The number of nitrogens with one attached hydrogen (secondary N) is 2. The summed E-state index contributed by atoms with van der Waals surface area (Å²) in [4.78, 5) is 31.0. The number of benzene rings is 1. The number of amides is 3. The zero-order chi connectivity index (χ0) is 19.3. The Hall–Kier alpha value is -2.58. The number of rotatable bonds is 4. The molecule has 2 aliphatic rings. The summed E-state index contributed by atoms with van der Waals surface area (Å²) in [5, 5.41) is 6.65. The van der Waals surface area contributed by atoms with Crippen LogP contribution in [0.4, 0.5) is 16.2 Å². The molecule has 28 heavy (non-hydrogen) atoms. The molecule has 2 aromatic rings. The van der Waals surface area contributed by atoms with Crippen molar-refractivity contribution in [3.8, 4) is 0 Å². The minimum Gasteiger partial charge on any atom is -0.376 e. The Morgan fingerprint density at radius 3 is 2.89 bits per heavy atom. The fraction of sp³-hybridized carbons (Fsp3) is 0.350. The molecule has 0 aliphatic carbocycles. The van der Waals surface area contributed by atoms with Gasteiger partial charge in [0.2, 0.25) is 0 Å². The first-order chi connectivity index (χ1) is 13.7. The highest BCUT2D eigenvalue weighted by Gasteiger charge is 2.23. The molecule has 2 aliphatic heterocycles. The van der Waals surface area contributed by atoms with Crippen LogP contribution >= 0.6 is 11.8 Å². The summed E-state index contributed by atoms with van der Waals surface area (Å²) in [6.07, 6.45) is 3.88. The Bertz CT molecular complexity index is 853. The van der Waals surface area contributed by atoms with Crippen LogP contribution in [0.15, 0.2) is 47.6 Å². The number of hydrogen-bond donors (Lipinski definition) is 2. The molecular weight excluding hydrogens is 376 g/mol. The van der Waals surface area contributed by atoms with Gasteiger partial charge in [-0.3, -0.25) is 9.69 Å². The summed E-state index contributed by atoms with van der Waals surface area (Å²) in [5.74, 6) is 0.669.